The maximum Gasteiger partial charge on any atom is 0.0473 e. The lowest BCUT2D eigenvalue weighted by molar-refractivity contribution is 0.589. The van der Waals surface area contributed by atoms with Gasteiger partial charge in [0.15, 0.2) is 0 Å². The van der Waals surface area contributed by atoms with Crippen molar-refractivity contribution in [2.75, 3.05) is 5.32 Å². The van der Waals surface area contributed by atoms with Crippen molar-refractivity contribution in [3.05, 3.63) is 156 Å². The molecule has 0 unspecified atom stereocenters. The maximum atomic E-state index is 4.00. The Kier molecular flexibility index (Phi) is 6.78. The van der Waals surface area contributed by atoms with Gasteiger partial charge in [0.1, 0.15) is 0 Å². The highest BCUT2D eigenvalue weighted by Crippen LogP contribution is 2.54. The minimum Gasteiger partial charge on any atom is -0.354 e. The lowest BCUT2D eigenvalue weighted by atomic mass is 9.80. The molecule has 0 spiro atoms. The van der Waals surface area contributed by atoms with Crippen LogP contribution in [0.15, 0.2) is 140 Å². The predicted molar refractivity (Wildman–Crippen MR) is 189 cm³/mol. The van der Waals surface area contributed by atoms with Crippen LogP contribution in [0.1, 0.15) is 51.3 Å². The lowest BCUT2D eigenvalue weighted by Crippen LogP contribution is -2.16. The summed E-state index contributed by atoms with van der Waals surface area (Å²) in [5.41, 5.74) is 16.2. The van der Waals surface area contributed by atoms with E-state index in [9.17, 15) is 0 Å². The molecule has 7 rings (SSSR count). The fourth-order valence-corrected chi connectivity index (χ4v) is 6.79. The van der Waals surface area contributed by atoms with E-state index < -0.39 is 0 Å². The monoisotopic (exact) mass is 569 g/mol. The molecule has 0 aliphatic heterocycles. The van der Waals surface area contributed by atoms with Gasteiger partial charge < -0.3 is 5.32 Å². The molecule has 216 valence electrons. The Morgan fingerprint density at radius 1 is 0.455 bits per heavy atom. The third-order valence-corrected chi connectivity index (χ3v) is 9.25. The molecule has 44 heavy (non-hydrogen) atoms. The summed E-state index contributed by atoms with van der Waals surface area (Å²) < 4.78 is 0. The Balaban J connectivity index is 1.45. The van der Waals surface area contributed by atoms with Crippen LogP contribution < -0.4 is 5.32 Å². The van der Waals surface area contributed by atoms with Gasteiger partial charge in [-0.1, -0.05) is 156 Å². The molecule has 6 aromatic rings. The summed E-state index contributed by atoms with van der Waals surface area (Å²) in [6.45, 7) is 11.6. The molecule has 6 aromatic carbocycles. The topological polar surface area (TPSA) is 12.0 Å². The minimum absolute atomic E-state index is 0.0627. The average Bonchev–Trinajstić information content (AvgIpc) is 3.27. The highest BCUT2D eigenvalue weighted by Gasteiger charge is 2.38. The zero-order chi connectivity index (χ0) is 30.5. The second kappa shape index (κ2) is 10.7. The number of hydrogen-bond acceptors (Lipinski definition) is 1. The van der Waals surface area contributed by atoms with Gasteiger partial charge in [0.25, 0.3) is 0 Å². The van der Waals surface area contributed by atoms with Gasteiger partial charge in [-0.05, 0) is 73.7 Å². The van der Waals surface area contributed by atoms with Crippen molar-refractivity contribution in [2.45, 2.75) is 45.4 Å². The van der Waals surface area contributed by atoms with E-state index in [-0.39, 0.29) is 10.8 Å². The van der Waals surface area contributed by atoms with Gasteiger partial charge >= 0.3 is 0 Å². The Morgan fingerprint density at radius 2 is 1.05 bits per heavy atom. The van der Waals surface area contributed by atoms with Crippen LogP contribution in [0.5, 0.6) is 0 Å². The van der Waals surface area contributed by atoms with Gasteiger partial charge in [-0.25, -0.2) is 0 Å². The number of anilines is 2. The Bertz CT molecular complexity index is 1970. The Morgan fingerprint density at radius 3 is 1.73 bits per heavy atom. The van der Waals surface area contributed by atoms with Crippen molar-refractivity contribution in [3.63, 3.8) is 0 Å². The SMILES string of the molecule is CC(C)(C)c1ccc2c(c1)-c1c(Nc3ccccc3-c3ccccc3-c3ccccc3)cc(-c3ccccc3)cc1C2(C)C. The van der Waals surface area contributed by atoms with Crippen LogP contribution in [0.2, 0.25) is 0 Å². The molecule has 0 saturated carbocycles. The van der Waals surface area contributed by atoms with E-state index in [2.05, 4.69) is 179 Å². The van der Waals surface area contributed by atoms with Crippen molar-refractivity contribution in [3.8, 4) is 44.5 Å². The zero-order valence-corrected chi connectivity index (χ0v) is 26.3. The van der Waals surface area contributed by atoms with Gasteiger partial charge in [0, 0.05) is 27.9 Å². The summed E-state index contributed by atoms with van der Waals surface area (Å²) >= 11 is 0. The number of nitrogens with one attached hydrogen (secondary N) is 1. The van der Waals surface area contributed by atoms with Crippen LogP contribution in [0, 0.1) is 0 Å². The highest BCUT2D eigenvalue weighted by molar-refractivity contribution is 5.97. The molecule has 0 fully saturated rings. The number of para-hydroxylation sites is 1. The Labute approximate surface area is 262 Å². The minimum atomic E-state index is -0.123. The van der Waals surface area contributed by atoms with E-state index in [1.807, 2.05) is 0 Å². The van der Waals surface area contributed by atoms with Crippen molar-refractivity contribution in [1.82, 2.24) is 0 Å². The van der Waals surface area contributed by atoms with E-state index in [1.165, 1.54) is 61.2 Å². The quantitative estimate of drug-likeness (QED) is 0.218. The van der Waals surface area contributed by atoms with Crippen LogP contribution in [-0.4, -0.2) is 0 Å². The standard InChI is InChI=1S/C43H39N/c1-42(2,3)32-24-25-37-36(28-32)41-38(43(37,4)5)26-31(29-16-8-6-9-17-29)27-40(41)44-39-23-15-14-22-35(39)34-21-13-12-20-33(34)30-18-10-7-11-19-30/h6-28,44H,1-5H3. The molecule has 0 amide bonds. The molecule has 1 aliphatic rings. The Hall–Kier alpha value is -4.88. The molecule has 1 nitrogen and oxygen atoms in total. The van der Waals surface area contributed by atoms with E-state index in [0.717, 1.165) is 11.4 Å². The zero-order valence-electron chi connectivity index (χ0n) is 26.3. The molecular formula is C43H39N. The smallest absolute Gasteiger partial charge is 0.0473 e. The summed E-state index contributed by atoms with van der Waals surface area (Å²) in [6.07, 6.45) is 0. The number of hydrogen-bond donors (Lipinski definition) is 1. The highest BCUT2D eigenvalue weighted by atomic mass is 14.9. The fourth-order valence-electron chi connectivity index (χ4n) is 6.79. The van der Waals surface area contributed by atoms with Crippen molar-refractivity contribution < 1.29 is 0 Å². The predicted octanol–water partition coefficient (Wildman–Crippen LogP) is 12.0. The van der Waals surface area contributed by atoms with Crippen LogP contribution in [0.25, 0.3) is 44.5 Å². The molecule has 0 aromatic heterocycles. The van der Waals surface area contributed by atoms with Crippen LogP contribution in [0.3, 0.4) is 0 Å². The van der Waals surface area contributed by atoms with E-state index in [0.29, 0.717) is 0 Å². The van der Waals surface area contributed by atoms with E-state index >= 15 is 0 Å². The first-order valence-electron chi connectivity index (χ1n) is 15.6. The van der Waals surface area contributed by atoms with Crippen LogP contribution in [-0.2, 0) is 10.8 Å². The third-order valence-electron chi connectivity index (χ3n) is 9.25. The summed E-state index contributed by atoms with van der Waals surface area (Å²) in [5.74, 6) is 0. The van der Waals surface area contributed by atoms with Gasteiger partial charge in [0.05, 0.1) is 0 Å². The average molecular weight is 570 g/mol. The fraction of sp³-hybridized carbons (Fsp3) is 0.163. The third kappa shape index (κ3) is 4.83. The number of fused-ring (bicyclic) bond motifs is 3. The summed E-state index contributed by atoms with van der Waals surface area (Å²) in [5, 5.41) is 4.00. The van der Waals surface area contributed by atoms with Crippen molar-refractivity contribution >= 4 is 11.4 Å². The van der Waals surface area contributed by atoms with Gasteiger partial charge in [-0.2, -0.15) is 0 Å². The molecule has 1 heteroatoms. The van der Waals surface area contributed by atoms with E-state index in [4.69, 9.17) is 0 Å². The first-order chi connectivity index (χ1) is 21.2. The molecular weight excluding hydrogens is 530 g/mol. The molecule has 1 N–H and O–H groups in total. The maximum absolute atomic E-state index is 4.00. The first-order valence-corrected chi connectivity index (χ1v) is 15.6. The molecule has 0 heterocycles. The molecule has 0 bridgehead atoms. The summed E-state index contributed by atoms with van der Waals surface area (Å²) in [7, 11) is 0. The molecule has 0 saturated heterocycles. The summed E-state index contributed by atoms with van der Waals surface area (Å²) in [4.78, 5) is 0. The number of rotatable bonds is 5. The first kappa shape index (κ1) is 27.9. The van der Waals surface area contributed by atoms with Gasteiger partial charge in [-0.15, -0.1) is 0 Å². The molecule has 0 atom stereocenters. The largest absolute Gasteiger partial charge is 0.354 e. The lowest BCUT2D eigenvalue weighted by Gasteiger charge is -2.24. The van der Waals surface area contributed by atoms with Crippen LogP contribution in [0.4, 0.5) is 11.4 Å². The van der Waals surface area contributed by atoms with Crippen LogP contribution >= 0.6 is 0 Å². The van der Waals surface area contributed by atoms with Gasteiger partial charge in [0.2, 0.25) is 0 Å². The molecule has 0 radical (unpaired) electrons. The molecule has 1 aliphatic carbocycles. The normalized spacial score (nSPS) is 13.3. The summed E-state index contributed by atoms with van der Waals surface area (Å²) in [6, 6.07) is 50.8. The number of benzene rings is 6. The second-order valence-corrected chi connectivity index (χ2v) is 13.5. The van der Waals surface area contributed by atoms with E-state index in [1.54, 1.807) is 0 Å². The van der Waals surface area contributed by atoms with Crippen molar-refractivity contribution in [2.24, 2.45) is 0 Å². The van der Waals surface area contributed by atoms with Crippen molar-refractivity contribution in [1.29, 1.82) is 0 Å². The van der Waals surface area contributed by atoms with Gasteiger partial charge in [-0.3, -0.25) is 0 Å². The second-order valence-electron chi connectivity index (χ2n) is 13.5.